The summed E-state index contributed by atoms with van der Waals surface area (Å²) in [4.78, 5) is 4.29. The minimum Gasteiger partial charge on any atom is -0.266 e. The molecule has 112 valence electrons. The predicted octanol–water partition coefficient (Wildman–Crippen LogP) is 2.40. The van der Waals surface area contributed by atoms with E-state index in [2.05, 4.69) is 4.98 Å². The van der Waals surface area contributed by atoms with Crippen molar-refractivity contribution in [1.82, 2.24) is 4.98 Å². The van der Waals surface area contributed by atoms with Crippen molar-refractivity contribution in [2.75, 3.05) is 10.8 Å². The summed E-state index contributed by atoms with van der Waals surface area (Å²) in [6.07, 6.45) is 2.84. The number of hydrogen-bond acceptors (Lipinski definition) is 4. The molecule has 1 aliphatic rings. The van der Waals surface area contributed by atoms with Gasteiger partial charge in [-0.15, -0.1) is 0 Å². The van der Waals surface area contributed by atoms with Crippen LogP contribution in [0.1, 0.15) is 23.2 Å². The van der Waals surface area contributed by atoms with Gasteiger partial charge in [-0.2, -0.15) is 5.26 Å². The molecule has 3 rings (SSSR count). The van der Waals surface area contributed by atoms with Crippen molar-refractivity contribution in [2.24, 2.45) is 0 Å². The van der Waals surface area contributed by atoms with E-state index in [1.807, 2.05) is 13.0 Å². The molecule has 2 heterocycles. The molecule has 0 aliphatic carbocycles. The Kier molecular flexibility index (Phi) is 3.59. The lowest BCUT2D eigenvalue weighted by atomic mass is 10.0. The average Bonchev–Trinajstić information content (AvgIpc) is 2.54. The van der Waals surface area contributed by atoms with Gasteiger partial charge in [0.25, 0.3) is 10.0 Å². The molecule has 2 aromatic rings. The molecule has 1 aliphatic heterocycles. The number of aromatic nitrogens is 1. The maximum atomic E-state index is 12.9. The van der Waals surface area contributed by atoms with Gasteiger partial charge >= 0.3 is 0 Å². The maximum absolute atomic E-state index is 12.9. The third-order valence-corrected chi connectivity index (χ3v) is 5.63. The Morgan fingerprint density at radius 1 is 1.23 bits per heavy atom. The monoisotopic (exact) mass is 313 g/mol. The molecule has 0 saturated carbocycles. The number of benzene rings is 1. The van der Waals surface area contributed by atoms with Crippen molar-refractivity contribution in [3.8, 4) is 6.07 Å². The first-order chi connectivity index (χ1) is 10.5. The number of nitriles is 1. The van der Waals surface area contributed by atoms with Crippen molar-refractivity contribution in [2.45, 2.75) is 24.7 Å². The molecule has 0 spiro atoms. The van der Waals surface area contributed by atoms with Crippen LogP contribution in [-0.2, 0) is 16.4 Å². The summed E-state index contributed by atoms with van der Waals surface area (Å²) >= 11 is 0. The number of anilines is 1. The fourth-order valence-corrected chi connectivity index (χ4v) is 4.20. The van der Waals surface area contributed by atoms with E-state index >= 15 is 0 Å². The molecule has 1 aromatic heterocycles. The summed E-state index contributed by atoms with van der Waals surface area (Å²) in [7, 11) is -3.62. The topological polar surface area (TPSA) is 74.1 Å². The highest BCUT2D eigenvalue weighted by atomic mass is 32.2. The second-order valence-electron chi connectivity index (χ2n) is 5.26. The summed E-state index contributed by atoms with van der Waals surface area (Å²) in [6, 6.07) is 10.5. The Morgan fingerprint density at radius 2 is 1.95 bits per heavy atom. The molecule has 5 nitrogen and oxygen atoms in total. The molecule has 0 unspecified atom stereocenters. The summed E-state index contributed by atoms with van der Waals surface area (Å²) in [6.45, 7) is 2.33. The zero-order chi connectivity index (χ0) is 15.7. The third kappa shape index (κ3) is 2.34. The Labute approximate surface area is 129 Å². The van der Waals surface area contributed by atoms with Gasteiger partial charge < -0.3 is 0 Å². The number of hydrogen-bond donors (Lipinski definition) is 0. The molecular formula is C16H15N3O2S. The fourth-order valence-electron chi connectivity index (χ4n) is 2.67. The van der Waals surface area contributed by atoms with Crippen molar-refractivity contribution in [3.05, 3.63) is 53.3 Å². The first-order valence-corrected chi connectivity index (χ1v) is 8.45. The van der Waals surface area contributed by atoms with Gasteiger partial charge in [-0.3, -0.25) is 4.31 Å². The molecule has 0 amide bonds. The predicted molar refractivity (Wildman–Crippen MR) is 83.0 cm³/mol. The van der Waals surface area contributed by atoms with Crippen LogP contribution in [0.4, 0.5) is 5.69 Å². The smallest absolute Gasteiger partial charge is 0.264 e. The van der Waals surface area contributed by atoms with Crippen molar-refractivity contribution < 1.29 is 8.42 Å². The second kappa shape index (κ2) is 5.43. The molecule has 0 bridgehead atoms. The number of aryl methyl sites for hydroxylation is 1. The molecule has 0 atom stereocenters. The number of rotatable bonds is 2. The standard InChI is InChI=1S/C16H15N3O2S/c1-12-4-6-13(7-5-12)22(20,21)19-10-2-3-14-15(11-17)18-9-8-16(14)19/h4-9H,2-3,10H2,1H3. The normalized spacial score (nSPS) is 14.3. The number of sulfonamides is 1. The molecule has 0 fully saturated rings. The largest absolute Gasteiger partial charge is 0.266 e. The third-order valence-electron chi connectivity index (χ3n) is 3.80. The molecule has 1 aromatic carbocycles. The lowest BCUT2D eigenvalue weighted by Gasteiger charge is -2.30. The van der Waals surface area contributed by atoms with Crippen molar-refractivity contribution in [3.63, 3.8) is 0 Å². The zero-order valence-electron chi connectivity index (χ0n) is 12.2. The second-order valence-corrected chi connectivity index (χ2v) is 7.13. The van der Waals surface area contributed by atoms with Gasteiger partial charge in [0.2, 0.25) is 0 Å². The van der Waals surface area contributed by atoms with E-state index in [9.17, 15) is 8.42 Å². The maximum Gasteiger partial charge on any atom is 0.264 e. The van der Waals surface area contributed by atoms with Crippen LogP contribution >= 0.6 is 0 Å². The van der Waals surface area contributed by atoms with Crippen LogP contribution in [-0.4, -0.2) is 19.9 Å². The van der Waals surface area contributed by atoms with Gasteiger partial charge in [-0.25, -0.2) is 13.4 Å². The Hall–Kier alpha value is -2.39. The molecular weight excluding hydrogens is 298 g/mol. The lowest BCUT2D eigenvalue weighted by molar-refractivity contribution is 0.586. The van der Waals surface area contributed by atoms with Crippen LogP contribution in [0.25, 0.3) is 0 Å². The fraction of sp³-hybridized carbons (Fsp3) is 0.250. The summed E-state index contributed by atoms with van der Waals surface area (Å²) in [5.74, 6) is 0. The van der Waals surface area contributed by atoms with E-state index < -0.39 is 10.0 Å². The van der Waals surface area contributed by atoms with Gasteiger partial charge in [-0.1, -0.05) is 17.7 Å². The van der Waals surface area contributed by atoms with E-state index in [0.717, 1.165) is 5.56 Å². The summed E-state index contributed by atoms with van der Waals surface area (Å²) in [5.41, 5.74) is 2.60. The van der Waals surface area contributed by atoms with Crippen LogP contribution in [0, 0.1) is 18.3 Å². The quantitative estimate of drug-likeness (QED) is 0.853. The summed E-state index contributed by atoms with van der Waals surface area (Å²) in [5, 5.41) is 9.15. The Balaban J connectivity index is 2.11. The lowest BCUT2D eigenvalue weighted by Crippen LogP contribution is -2.35. The molecule has 0 radical (unpaired) electrons. The molecule has 6 heteroatoms. The van der Waals surface area contributed by atoms with Crippen LogP contribution < -0.4 is 4.31 Å². The average molecular weight is 313 g/mol. The number of fused-ring (bicyclic) bond motifs is 1. The SMILES string of the molecule is Cc1ccc(S(=O)(=O)N2CCCc3c2ccnc3C#N)cc1. The van der Waals surface area contributed by atoms with Gasteiger partial charge in [0.05, 0.1) is 10.6 Å². The zero-order valence-corrected chi connectivity index (χ0v) is 13.0. The highest BCUT2D eigenvalue weighted by Gasteiger charge is 2.30. The highest BCUT2D eigenvalue weighted by molar-refractivity contribution is 7.92. The van der Waals surface area contributed by atoms with Gasteiger partial charge in [0.1, 0.15) is 11.8 Å². The Morgan fingerprint density at radius 3 is 2.64 bits per heavy atom. The van der Waals surface area contributed by atoms with Gasteiger partial charge in [0, 0.05) is 18.3 Å². The minimum absolute atomic E-state index is 0.265. The van der Waals surface area contributed by atoms with Crippen molar-refractivity contribution >= 4 is 15.7 Å². The molecule has 0 N–H and O–H groups in total. The molecule has 22 heavy (non-hydrogen) atoms. The van der Waals surface area contributed by atoms with Crippen molar-refractivity contribution in [1.29, 1.82) is 5.26 Å². The van der Waals surface area contributed by atoms with Crippen LogP contribution in [0.15, 0.2) is 41.4 Å². The van der Waals surface area contributed by atoms with E-state index in [1.165, 1.54) is 10.5 Å². The highest BCUT2D eigenvalue weighted by Crippen LogP contribution is 2.32. The van der Waals surface area contributed by atoms with Gasteiger partial charge in [-0.05, 0) is 38.0 Å². The minimum atomic E-state index is -3.62. The van der Waals surface area contributed by atoms with Crippen LogP contribution in [0.2, 0.25) is 0 Å². The first-order valence-electron chi connectivity index (χ1n) is 7.01. The van der Waals surface area contributed by atoms with E-state index in [4.69, 9.17) is 5.26 Å². The van der Waals surface area contributed by atoms with E-state index in [-0.39, 0.29) is 4.90 Å². The Bertz CT molecular complexity index is 852. The van der Waals surface area contributed by atoms with Gasteiger partial charge in [0.15, 0.2) is 0 Å². The molecule has 0 saturated heterocycles. The van der Waals surface area contributed by atoms with Crippen LogP contribution in [0.5, 0.6) is 0 Å². The van der Waals surface area contributed by atoms with E-state index in [1.54, 1.807) is 30.3 Å². The van der Waals surface area contributed by atoms with E-state index in [0.29, 0.717) is 36.3 Å². The summed E-state index contributed by atoms with van der Waals surface area (Å²) < 4.78 is 27.2. The van der Waals surface area contributed by atoms with Crippen LogP contribution in [0.3, 0.4) is 0 Å². The number of pyridine rings is 1. The number of nitrogens with zero attached hydrogens (tertiary/aromatic N) is 3. The first kappa shape index (κ1) is 14.5.